The minimum atomic E-state index is -3.55. The molecule has 0 spiro atoms. The van der Waals surface area contributed by atoms with Crippen LogP contribution >= 0.6 is 23.2 Å². The Morgan fingerprint density at radius 3 is 2.30 bits per heavy atom. The molecular weight excluding hydrogens is 315 g/mol. The fourth-order valence-electron chi connectivity index (χ4n) is 1.79. The van der Waals surface area contributed by atoms with Crippen molar-refractivity contribution >= 4 is 38.6 Å². The fraction of sp³-hybridized carbons (Fsp3) is 0.0667. The molecule has 0 saturated heterocycles. The topological polar surface area (TPSA) is 34.1 Å². The number of rotatable bonds is 4. The summed E-state index contributed by atoms with van der Waals surface area (Å²) < 4.78 is 24.7. The molecule has 0 heterocycles. The van der Waals surface area contributed by atoms with Crippen molar-refractivity contribution in [2.75, 3.05) is 5.75 Å². The second-order valence-corrected chi connectivity index (χ2v) is 7.11. The van der Waals surface area contributed by atoms with Gasteiger partial charge >= 0.3 is 0 Å². The summed E-state index contributed by atoms with van der Waals surface area (Å²) in [6.07, 6.45) is 0. The third-order valence-corrected chi connectivity index (χ3v) is 5.19. The van der Waals surface area contributed by atoms with Gasteiger partial charge in [0.1, 0.15) is 0 Å². The smallest absolute Gasteiger partial charge is 0.183 e. The van der Waals surface area contributed by atoms with Crippen LogP contribution in [0, 0.1) is 0 Å². The van der Waals surface area contributed by atoms with Gasteiger partial charge in [-0.2, -0.15) is 0 Å². The molecular formula is C15H12Cl2O2S. The zero-order valence-corrected chi connectivity index (χ0v) is 12.8. The molecule has 2 rings (SSSR count). The van der Waals surface area contributed by atoms with Gasteiger partial charge in [0.05, 0.1) is 15.7 Å². The summed E-state index contributed by atoms with van der Waals surface area (Å²) in [6.45, 7) is 3.83. The summed E-state index contributed by atoms with van der Waals surface area (Å²) in [5, 5.41) is 0.522. The van der Waals surface area contributed by atoms with Crippen molar-refractivity contribution in [2.24, 2.45) is 0 Å². The Hall–Kier alpha value is -1.29. The molecule has 0 aliphatic heterocycles. The summed E-state index contributed by atoms with van der Waals surface area (Å²) in [5.41, 5.74) is 1.32. The molecule has 5 heteroatoms. The van der Waals surface area contributed by atoms with Gasteiger partial charge in [0.2, 0.25) is 0 Å². The zero-order chi connectivity index (χ0) is 14.8. The van der Waals surface area contributed by atoms with E-state index in [0.29, 0.717) is 10.6 Å². The minimum absolute atomic E-state index is 0.0700. The summed E-state index contributed by atoms with van der Waals surface area (Å²) in [7, 11) is -3.55. The average molecular weight is 327 g/mol. The molecule has 0 unspecified atom stereocenters. The van der Waals surface area contributed by atoms with E-state index >= 15 is 0 Å². The van der Waals surface area contributed by atoms with Gasteiger partial charge in [-0.3, -0.25) is 0 Å². The van der Waals surface area contributed by atoms with E-state index in [9.17, 15) is 8.42 Å². The summed E-state index contributed by atoms with van der Waals surface area (Å²) in [4.78, 5) is 0.0700. The lowest BCUT2D eigenvalue weighted by Gasteiger charge is -2.09. The third-order valence-electron chi connectivity index (χ3n) is 2.78. The maximum atomic E-state index is 12.4. The molecule has 2 aromatic carbocycles. The highest BCUT2D eigenvalue weighted by Crippen LogP contribution is 2.28. The maximum Gasteiger partial charge on any atom is 0.183 e. The van der Waals surface area contributed by atoms with Crippen LogP contribution < -0.4 is 0 Å². The predicted molar refractivity (Wildman–Crippen MR) is 84.0 cm³/mol. The Labute approximate surface area is 128 Å². The van der Waals surface area contributed by atoms with Crippen LogP contribution in [0.2, 0.25) is 10.0 Å². The number of hydrogen-bond acceptors (Lipinski definition) is 2. The summed E-state index contributed by atoms with van der Waals surface area (Å²) in [5.74, 6) is -0.182. The molecule has 0 bridgehead atoms. The van der Waals surface area contributed by atoms with E-state index in [2.05, 4.69) is 6.58 Å². The van der Waals surface area contributed by atoms with E-state index in [1.165, 1.54) is 18.2 Å². The van der Waals surface area contributed by atoms with Crippen molar-refractivity contribution in [3.05, 3.63) is 70.7 Å². The lowest BCUT2D eigenvalue weighted by Crippen LogP contribution is -2.08. The molecule has 0 amide bonds. The zero-order valence-electron chi connectivity index (χ0n) is 10.5. The average Bonchev–Trinajstić information content (AvgIpc) is 2.38. The highest BCUT2D eigenvalue weighted by atomic mass is 35.5. The van der Waals surface area contributed by atoms with Crippen LogP contribution in [0.4, 0.5) is 0 Å². The van der Waals surface area contributed by atoms with Crippen molar-refractivity contribution < 1.29 is 8.42 Å². The molecule has 2 nitrogen and oxygen atoms in total. The molecule has 2 aromatic rings. The molecule has 0 aliphatic carbocycles. The van der Waals surface area contributed by atoms with E-state index in [1.807, 2.05) is 30.3 Å². The van der Waals surface area contributed by atoms with Crippen molar-refractivity contribution in [3.8, 4) is 0 Å². The molecule has 0 aromatic heterocycles. The normalized spacial score (nSPS) is 11.3. The largest absolute Gasteiger partial charge is 0.223 e. The highest BCUT2D eigenvalue weighted by Gasteiger charge is 2.20. The summed E-state index contributed by atoms with van der Waals surface area (Å²) in [6, 6.07) is 13.5. The molecule has 0 saturated carbocycles. The second-order valence-electron chi connectivity index (χ2n) is 4.30. The highest BCUT2D eigenvalue weighted by molar-refractivity contribution is 7.92. The van der Waals surface area contributed by atoms with Gasteiger partial charge in [0, 0.05) is 5.02 Å². The van der Waals surface area contributed by atoms with Crippen LogP contribution in [-0.2, 0) is 9.84 Å². The van der Waals surface area contributed by atoms with Crippen LogP contribution in [0.5, 0.6) is 0 Å². The number of hydrogen-bond donors (Lipinski definition) is 0. The Kier molecular flexibility index (Phi) is 4.53. The van der Waals surface area contributed by atoms with Crippen LogP contribution in [0.1, 0.15) is 5.56 Å². The molecule has 0 aliphatic rings. The van der Waals surface area contributed by atoms with E-state index in [0.717, 1.165) is 5.56 Å². The van der Waals surface area contributed by atoms with Crippen LogP contribution in [0.3, 0.4) is 0 Å². The Balaban J connectivity index is 2.30. The van der Waals surface area contributed by atoms with Gasteiger partial charge < -0.3 is 0 Å². The molecule has 0 N–H and O–H groups in total. The van der Waals surface area contributed by atoms with E-state index in [4.69, 9.17) is 23.2 Å². The molecule has 20 heavy (non-hydrogen) atoms. The quantitative estimate of drug-likeness (QED) is 0.830. The standard InChI is InChI=1S/C15H12Cl2O2S/c1-11(12-5-3-2-4-6-12)10-20(18,19)15-8-7-13(16)9-14(15)17/h2-9H,1,10H2. The number of halogens is 2. The van der Waals surface area contributed by atoms with Crippen molar-refractivity contribution in [2.45, 2.75) is 4.90 Å². The lowest BCUT2D eigenvalue weighted by atomic mass is 10.1. The maximum absolute atomic E-state index is 12.4. The number of sulfone groups is 1. The summed E-state index contributed by atoms with van der Waals surface area (Å²) >= 11 is 11.7. The molecule has 0 radical (unpaired) electrons. The van der Waals surface area contributed by atoms with Gasteiger partial charge in [-0.25, -0.2) is 8.42 Å². The number of benzene rings is 2. The second kappa shape index (κ2) is 6.00. The van der Waals surface area contributed by atoms with E-state index in [-0.39, 0.29) is 15.7 Å². The first kappa shape index (κ1) is 15.1. The van der Waals surface area contributed by atoms with Gasteiger partial charge in [0.15, 0.2) is 9.84 Å². The minimum Gasteiger partial charge on any atom is -0.223 e. The lowest BCUT2D eigenvalue weighted by molar-refractivity contribution is 0.599. The first-order valence-electron chi connectivity index (χ1n) is 5.81. The third kappa shape index (κ3) is 3.42. The Morgan fingerprint density at radius 1 is 1.05 bits per heavy atom. The van der Waals surface area contributed by atoms with E-state index < -0.39 is 9.84 Å². The Morgan fingerprint density at radius 2 is 1.70 bits per heavy atom. The first-order chi connectivity index (χ1) is 9.40. The van der Waals surface area contributed by atoms with Gasteiger partial charge in [-0.1, -0.05) is 60.1 Å². The van der Waals surface area contributed by atoms with Crippen molar-refractivity contribution in [1.82, 2.24) is 0 Å². The SMILES string of the molecule is C=C(CS(=O)(=O)c1ccc(Cl)cc1Cl)c1ccccc1. The van der Waals surface area contributed by atoms with Gasteiger partial charge in [0.25, 0.3) is 0 Å². The van der Waals surface area contributed by atoms with Crippen LogP contribution in [0.15, 0.2) is 60.0 Å². The first-order valence-corrected chi connectivity index (χ1v) is 8.22. The van der Waals surface area contributed by atoms with Crippen LogP contribution in [-0.4, -0.2) is 14.2 Å². The fourth-order valence-corrected chi connectivity index (χ4v) is 3.97. The molecule has 0 atom stereocenters. The van der Waals surface area contributed by atoms with Crippen LogP contribution in [0.25, 0.3) is 5.57 Å². The van der Waals surface area contributed by atoms with Crippen molar-refractivity contribution in [3.63, 3.8) is 0 Å². The monoisotopic (exact) mass is 326 g/mol. The molecule has 104 valence electrons. The Bertz CT molecular complexity index is 738. The van der Waals surface area contributed by atoms with Crippen molar-refractivity contribution in [1.29, 1.82) is 0 Å². The van der Waals surface area contributed by atoms with Gasteiger partial charge in [-0.05, 0) is 29.3 Å². The van der Waals surface area contributed by atoms with E-state index in [1.54, 1.807) is 0 Å². The van der Waals surface area contributed by atoms with Gasteiger partial charge in [-0.15, -0.1) is 0 Å². The molecule has 0 fully saturated rings. The predicted octanol–water partition coefficient (Wildman–Crippen LogP) is 4.48.